The summed E-state index contributed by atoms with van der Waals surface area (Å²) in [7, 11) is 0. The third kappa shape index (κ3) is 5.62. The van der Waals surface area contributed by atoms with Gasteiger partial charge in [0.25, 0.3) is 0 Å². The van der Waals surface area contributed by atoms with E-state index in [1.807, 2.05) is 17.4 Å². The summed E-state index contributed by atoms with van der Waals surface area (Å²) in [6.45, 7) is 11.7. The lowest BCUT2D eigenvalue weighted by atomic mass is 9.89. The second-order valence-corrected chi connectivity index (χ2v) is 15.2. The van der Waals surface area contributed by atoms with Gasteiger partial charge >= 0.3 is 0 Å². The van der Waals surface area contributed by atoms with Crippen molar-refractivity contribution < 1.29 is 0 Å². The van der Waals surface area contributed by atoms with Crippen LogP contribution in [0.25, 0.3) is 70.3 Å². The highest BCUT2D eigenvalue weighted by Crippen LogP contribution is 2.50. The van der Waals surface area contributed by atoms with Crippen LogP contribution in [-0.4, -0.2) is 6.54 Å². The largest absolute Gasteiger partial charge is 0.341 e. The molecule has 1 aliphatic rings. The molecular formula is C51H41NS. The average molecular weight is 700 g/mol. The quantitative estimate of drug-likeness (QED) is 0.143. The van der Waals surface area contributed by atoms with Crippen LogP contribution in [0.2, 0.25) is 0 Å². The summed E-state index contributed by atoms with van der Waals surface area (Å²) in [5, 5.41) is 2.62. The van der Waals surface area contributed by atoms with Crippen molar-refractivity contribution in [1.29, 1.82) is 0 Å². The van der Waals surface area contributed by atoms with Crippen LogP contribution in [0.1, 0.15) is 28.7 Å². The fraction of sp³-hybridized carbons (Fsp3) is 0.0980. The molecule has 1 aliphatic carbocycles. The van der Waals surface area contributed by atoms with Crippen molar-refractivity contribution in [2.45, 2.75) is 27.2 Å². The SMILES string of the molecule is C=C/C=C(\CCN(c1ccc2sc3ccccc3c2c1)c1ccc2c(C)c1-c1ccccc1-c1ccccc1-2)c1cccc(-c2ccccc2C)c1C. The number of hydrogen-bond donors (Lipinski definition) is 0. The zero-order valence-corrected chi connectivity index (χ0v) is 31.3. The first kappa shape index (κ1) is 32.9. The first-order valence-corrected chi connectivity index (χ1v) is 19.3. The Labute approximate surface area is 316 Å². The zero-order valence-electron chi connectivity index (χ0n) is 30.5. The van der Waals surface area contributed by atoms with E-state index in [0.717, 1.165) is 13.0 Å². The van der Waals surface area contributed by atoms with Gasteiger partial charge in [0, 0.05) is 43.7 Å². The van der Waals surface area contributed by atoms with Crippen molar-refractivity contribution in [3.63, 3.8) is 0 Å². The van der Waals surface area contributed by atoms with Gasteiger partial charge in [-0.2, -0.15) is 0 Å². The average Bonchev–Trinajstić information content (AvgIpc) is 3.54. The van der Waals surface area contributed by atoms with Crippen molar-refractivity contribution in [2.24, 2.45) is 0 Å². The summed E-state index contributed by atoms with van der Waals surface area (Å²) in [4.78, 5) is 2.57. The van der Waals surface area contributed by atoms with Gasteiger partial charge in [0.2, 0.25) is 0 Å². The number of allylic oxidation sites excluding steroid dienone is 2. The Morgan fingerprint density at radius 1 is 0.566 bits per heavy atom. The van der Waals surface area contributed by atoms with Crippen LogP contribution in [0.4, 0.5) is 11.4 Å². The molecule has 0 N–H and O–H groups in total. The van der Waals surface area contributed by atoms with E-state index in [1.54, 1.807) is 0 Å². The minimum Gasteiger partial charge on any atom is -0.341 e. The molecular weight excluding hydrogens is 659 g/mol. The molecule has 1 heterocycles. The fourth-order valence-electron chi connectivity index (χ4n) is 8.55. The summed E-state index contributed by atoms with van der Waals surface area (Å²) in [6.07, 6.45) is 5.01. The van der Waals surface area contributed by atoms with E-state index in [-0.39, 0.29) is 0 Å². The molecule has 0 fully saturated rings. The zero-order chi connectivity index (χ0) is 36.1. The van der Waals surface area contributed by atoms with Gasteiger partial charge in [-0.25, -0.2) is 0 Å². The molecule has 0 radical (unpaired) electrons. The summed E-state index contributed by atoms with van der Waals surface area (Å²) >= 11 is 1.87. The van der Waals surface area contributed by atoms with E-state index >= 15 is 0 Å². The van der Waals surface area contributed by atoms with Crippen LogP contribution < -0.4 is 4.90 Å². The maximum Gasteiger partial charge on any atom is 0.0493 e. The maximum atomic E-state index is 4.17. The van der Waals surface area contributed by atoms with E-state index in [1.165, 1.54) is 104 Å². The molecule has 1 nitrogen and oxygen atoms in total. The highest BCUT2D eigenvalue weighted by molar-refractivity contribution is 7.25. The van der Waals surface area contributed by atoms with Crippen molar-refractivity contribution in [3.8, 4) is 44.5 Å². The highest BCUT2D eigenvalue weighted by Gasteiger charge is 2.26. The van der Waals surface area contributed by atoms with Gasteiger partial charge < -0.3 is 4.90 Å². The Morgan fingerprint density at radius 3 is 1.96 bits per heavy atom. The Morgan fingerprint density at radius 2 is 1.19 bits per heavy atom. The van der Waals surface area contributed by atoms with Crippen LogP contribution in [0.15, 0.2) is 164 Å². The van der Waals surface area contributed by atoms with Crippen LogP contribution in [0.5, 0.6) is 0 Å². The van der Waals surface area contributed by atoms with Crippen molar-refractivity contribution >= 4 is 48.5 Å². The topological polar surface area (TPSA) is 3.24 Å². The monoisotopic (exact) mass is 699 g/mol. The van der Waals surface area contributed by atoms with Gasteiger partial charge in [-0.1, -0.05) is 134 Å². The van der Waals surface area contributed by atoms with Crippen LogP contribution in [0, 0.1) is 20.8 Å². The maximum absolute atomic E-state index is 4.17. The predicted octanol–water partition coefficient (Wildman–Crippen LogP) is 14.8. The molecule has 9 rings (SSSR count). The van der Waals surface area contributed by atoms with E-state index in [9.17, 15) is 0 Å². The highest BCUT2D eigenvalue weighted by atomic mass is 32.1. The van der Waals surface area contributed by atoms with Crippen molar-refractivity contribution in [3.05, 3.63) is 187 Å². The van der Waals surface area contributed by atoms with E-state index in [0.29, 0.717) is 0 Å². The third-order valence-electron chi connectivity index (χ3n) is 11.1. The van der Waals surface area contributed by atoms with Gasteiger partial charge in [0.1, 0.15) is 0 Å². The van der Waals surface area contributed by atoms with Crippen LogP contribution in [-0.2, 0) is 0 Å². The molecule has 0 unspecified atom stereocenters. The van der Waals surface area contributed by atoms with Crippen molar-refractivity contribution in [2.75, 3.05) is 11.4 Å². The third-order valence-corrected chi connectivity index (χ3v) is 12.3. The lowest BCUT2D eigenvalue weighted by molar-refractivity contribution is 0.951. The molecule has 8 aromatic rings. The number of nitrogens with zero attached hydrogens (tertiary/aromatic N) is 1. The molecule has 0 aliphatic heterocycles. The Kier molecular flexibility index (Phi) is 8.41. The Bertz CT molecular complexity index is 2740. The second kappa shape index (κ2) is 13.5. The molecule has 0 saturated carbocycles. The minimum atomic E-state index is 0.794. The van der Waals surface area contributed by atoms with E-state index in [4.69, 9.17) is 0 Å². The fourth-order valence-corrected chi connectivity index (χ4v) is 9.63. The van der Waals surface area contributed by atoms with Crippen LogP contribution >= 0.6 is 11.3 Å². The Balaban J connectivity index is 1.21. The van der Waals surface area contributed by atoms with Gasteiger partial charge in [0.15, 0.2) is 0 Å². The molecule has 0 amide bonds. The molecule has 53 heavy (non-hydrogen) atoms. The number of fused-ring (bicyclic) bond motifs is 10. The first-order chi connectivity index (χ1) is 26.0. The molecule has 0 spiro atoms. The molecule has 2 bridgehead atoms. The standard InChI is InChI=1S/C51H41NS/c1-5-15-36(39-23-14-24-40(34(39)3)38-17-7-6-16-33(38)2)30-31-52(37-26-29-50-47(32-37)45-21-12-13-25-49(45)53-50)48-28-27-41-35(4)51(48)46-22-11-10-20-44(46)43-19-9-8-18-42(41)43/h5-29,32H,1,30-31H2,2-4H3/b36-15+. The minimum absolute atomic E-state index is 0.794. The number of rotatable bonds is 8. The molecule has 2 heteroatoms. The van der Waals surface area contributed by atoms with E-state index < -0.39 is 0 Å². The lowest BCUT2D eigenvalue weighted by Gasteiger charge is -2.30. The molecule has 1 aromatic heterocycles. The predicted molar refractivity (Wildman–Crippen MR) is 232 cm³/mol. The number of thiophene rings is 1. The first-order valence-electron chi connectivity index (χ1n) is 18.5. The summed E-state index contributed by atoms with van der Waals surface area (Å²) in [5.41, 5.74) is 19.2. The van der Waals surface area contributed by atoms with Gasteiger partial charge in [-0.3, -0.25) is 0 Å². The van der Waals surface area contributed by atoms with Gasteiger partial charge in [0.05, 0.1) is 0 Å². The smallest absolute Gasteiger partial charge is 0.0493 e. The molecule has 0 saturated heterocycles. The molecule has 7 aromatic carbocycles. The summed E-state index contributed by atoms with van der Waals surface area (Å²) in [5.74, 6) is 0. The number of benzene rings is 7. The number of anilines is 2. The van der Waals surface area contributed by atoms with E-state index in [2.05, 4.69) is 184 Å². The molecule has 0 atom stereocenters. The normalized spacial score (nSPS) is 12.0. The molecule has 256 valence electrons. The van der Waals surface area contributed by atoms with Crippen molar-refractivity contribution in [1.82, 2.24) is 0 Å². The number of aryl methyl sites for hydroxylation is 1. The Hall–Kier alpha value is -5.96. The summed E-state index contributed by atoms with van der Waals surface area (Å²) in [6, 6.07) is 53.8. The van der Waals surface area contributed by atoms with Gasteiger partial charge in [-0.15, -0.1) is 11.3 Å². The second-order valence-electron chi connectivity index (χ2n) is 14.1. The number of hydrogen-bond acceptors (Lipinski definition) is 2. The summed E-state index contributed by atoms with van der Waals surface area (Å²) < 4.78 is 2.64. The lowest BCUT2D eigenvalue weighted by Crippen LogP contribution is -2.20. The van der Waals surface area contributed by atoms with Gasteiger partial charge in [-0.05, 0) is 124 Å². The van der Waals surface area contributed by atoms with Crippen LogP contribution in [0.3, 0.4) is 0 Å².